The molecule has 11 heteroatoms. The van der Waals surface area contributed by atoms with E-state index in [1.807, 2.05) is 85.1 Å². The highest BCUT2D eigenvalue weighted by atomic mass is 16.6. The van der Waals surface area contributed by atoms with Crippen molar-refractivity contribution in [3.8, 4) is 11.1 Å². The van der Waals surface area contributed by atoms with E-state index < -0.39 is 47.2 Å². The van der Waals surface area contributed by atoms with Crippen molar-refractivity contribution < 1.29 is 33.4 Å². The highest BCUT2D eigenvalue weighted by molar-refractivity contribution is 5.90. The van der Waals surface area contributed by atoms with Crippen LogP contribution in [0.3, 0.4) is 0 Å². The maximum absolute atomic E-state index is 15.3. The number of unbranched alkanes of at least 4 members (excludes halogenated alkanes) is 23. The second kappa shape index (κ2) is 42.9. The van der Waals surface area contributed by atoms with E-state index in [0.29, 0.717) is 18.5 Å². The van der Waals surface area contributed by atoms with E-state index in [-0.39, 0.29) is 37.9 Å². The van der Waals surface area contributed by atoms with E-state index in [9.17, 15) is 14.4 Å². The van der Waals surface area contributed by atoms with Crippen LogP contribution in [0, 0.1) is 0 Å². The van der Waals surface area contributed by atoms with E-state index in [4.69, 9.17) is 19.2 Å². The summed E-state index contributed by atoms with van der Waals surface area (Å²) in [5, 5.41) is 5.95. The van der Waals surface area contributed by atoms with E-state index in [0.717, 1.165) is 103 Å². The molecule has 2 amide bonds. The molecule has 0 saturated heterocycles. The zero-order valence-electron chi connectivity index (χ0n) is 59.1. The van der Waals surface area contributed by atoms with Crippen LogP contribution in [0.25, 0.3) is 11.1 Å². The second-order valence-electron chi connectivity index (χ2n) is 27.7. The normalized spacial score (nSPS) is 13.3. The average molecular weight is 1310 g/mol. The minimum atomic E-state index is -1.28. The molecule has 0 bridgehead atoms. The topological polar surface area (TPSA) is 138 Å². The molecule has 5 aromatic carbocycles. The van der Waals surface area contributed by atoms with Crippen molar-refractivity contribution in [3.63, 3.8) is 0 Å². The predicted octanol–water partition coefficient (Wildman–Crippen LogP) is 21.2. The molecule has 1 heterocycles. The third-order valence-electron chi connectivity index (χ3n) is 18.7. The van der Waals surface area contributed by atoms with Crippen molar-refractivity contribution in [1.82, 2.24) is 20.2 Å². The number of carbonyl (C=O) groups is 4. The van der Waals surface area contributed by atoms with Crippen LogP contribution in [0.4, 0.5) is 4.79 Å². The summed E-state index contributed by atoms with van der Waals surface area (Å²) >= 11 is 0. The van der Waals surface area contributed by atoms with Gasteiger partial charge >= 0.3 is 18.0 Å². The molecule has 7 rings (SSSR count). The lowest BCUT2D eigenvalue weighted by Gasteiger charge is -2.37. The van der Waals surface area contributed by atoms with Gasteiger partial charge < -0.3 is 29.4 Å². The number of nitrogens with one attached hydrogen (secondary N) is 2. The fourth-order valence-corrected chi connectivity index (χ4v) is 13.6. The number of aromatic nitrogens is 2. The van der Waals surface area contributed by atoms with E-state index >= 15 is 4.79 Å². The number of alkyl carbamates (subject to hydrolysis) is 1. The Morgan fingerprint density at radius 3 is 1.36 bits per heavy atom. The molecule has 1 aliphatic rings. The molecule has 1 aliphatic carbocycles. The zero-order chi connectivity index (χ0) is 67.9. The molecule has 0 radical (unpaired) electrons. The largest absolute Gasteiger partial charge is 0.461 e. The lowest BCUT2D eigenvalue weighted by atomic mass is 9.77. The lowest BCUT2D eigenvalue weighted by Crippen LogP contribution is -2.53. The lowest BCUT2D eigenvalue weighted by molar-refractivity contribution is -0.157. The van der Waals surface area contributed by atoms with Gasteiger partial charge in [0.15, 0.2) is 0 Å². The Balaban J connectivity index is 1.08. The van der Waals surface area contributed by atoms with Gasteiger partial charge in [-0.1, -0.05) is 287 Å². The zero-order valence-corrected chi connectivity index (χ0v) is 59.1. The van der Waals surface area contributed by atoms with Gasteiger partial charge in [-0.3, -0.25) is 9.59 Å². The molecule has 0 spiro atoms. The third kappa shape index (κ3) is 25.5. The Kier molecular flexibility index (Phi) is 33.9. The van der Waals surface area contributed by atoms with E-state index in [1.165, 1.54) is 109 Å². The molecule has 518 valence electrons. The second-order valence-corrected chi connectivity index (χ2v) is 27.7. The Morgan fingerprint density at radius 2 is 0.917 bits per heavy atom. The molecule has 3 atom stereocenters. The Labute approximate surface area is 577 Å². The number of amides is 2. The minimum Gasteiger partial charge on any atom is -0.461 e. The van der Waals surface area contributed by atoms with Crippen LogP contribution in [0.1, 0.15) is 273 Å². The first-order valence-corrected chi connectivity index (χ1v) is 37.2. The van der Waals surface area contributed by atoms with Gasteiger partial charge in [-0.15, -0.1) is 0 Å². The molecule has 1 aromatic heterocycles. The SMILES string of the molecule is CCCCCCCC/C=C\CCCCCCCCC(CCCCCCC/C=C\CCCCCCCC)OC(=O)C(CCC(=O)OC(C)(C)C)NC(=O)C(Cc1cn(C(c2ccccc2)(c2ccccc2)c2ccccc2)cn1)NC(=O)OCC1c2ccccc2-c2ccccc21. The number of ether oxygens (including phenoxy) is 3. The number of carbonyl (C=O) groups excluding carboxylic acids is 4. The maximum Gasteiger partial charge on any atom is 0.407 e. The van der Waals surface area contributed by atoms with Gasteiger partial charge in [-0.25, -0.2) is 14.6 Å². The number of nitrogens with zero attached hydrogens (tertiary/aromatic N) is 2. The first kappa shape index (κ1) is 75.8. The highest BCUT2D eigenvalue weighted by Gasteiger charge is 2.39. The first-order chi connectivity index (χ1) is 46.9. The number of esters is 2. The van der Waals surface area contributed by atoms with Gasteiger partial charge in [0.25, 0.3) is 0 Å². The predicted molar refractivity (Wildman–Crippen MR) is 393 cm³/mol. The van der Waals surface area contributed by atoms with Crippen molar-refractivity contribution >= 4 is 23.9 Å². The number of rotatable bonds is 47. The molecular formula is C85H116N4O7. The molecule has 0 aliphatic heterocycles. The summed E-state index contributed by atoms with van der Waals surface area (Å²) in [6, 6.07) is 44.5. The third-order valence-corrected chi connectivity index (χ3v) is 18.7. The monoisotopic (exact) mass is 1300 g/mol. The number of benzene rings is 5. The molecule has 11 nitrogen and oxygen atoms in total. The van der Waals surface area contributed by atoms with E-state index in [2.05, 4.69) is 114 Å². The molecular weight excluding hydrogens is 1190 g/mol. The van der Waals surface area contributed by atoms with E-state index in [1.54, 1.807) is 27.1 Å². The molecule has 0 saturated carbocycles. The Bertz CT molecular complexity index is 3080. The van der Waals surface area contributed by atoms with Gasteiger partial charge in [-0.2, -0.15) is 0 Å². The van der Waals surface area contributed by atoms with Crippen molar-refractivity contribution in [2.45, 2.75) is 275 Å². The van der Waals surface area contributed by atoms with Crippen LogP contribution in [0.15, 0.2) is 176 Å². The smallest absolute Gasteiger partial charge is 0.407 e. The summed E-state index contributed by atoms with van der Waals surface area (Å²) in [4.78, 5) is 63.2. The molecule has 2 N–H and O–H groups in total. The summed E-state index contributed by atoms with van der Waals surface area (Å²) in [6.45, 7) is 9.97. The highest BCUT2D eigenvalue weighted by Crippen LogP contribution is 2.45. The first-order valence-electron chi connectivity index (χ1n) is 37.2. The van der Waals surface area contributed by atoms with Crippen molar-refractivity contribution in [2.75, 3.05) is 6.61 Å². The van der Waals surface area contributed by atoms with Crippen molar-refractivity contribution in [1.29, 1.82) is 0 Å². The van der Waals surface area contributed by atoms with Crippen LogP contribution in [-0.4, -0.2) is 63.9 Å². The molecule has 3 unspecified atom stereocenters. The maximum atomic E-state index is 15.3. The van der Waals surface area contributed by atoms with Gasteiger partial charge in [0.1, 0.15) is 35.9 Å². The summed E-state index contributed by atoms with van der Waals surface area (Å²) < 4.78 is 20.5. The van der Waals surface area contributed by atoms with Crippen LogP contribution < -0.4 is 10.6 Å². The molecule has 6 aromatic rings. The summed E-state index contributed by atoms with van der Waals surface area (Å²) in [7, 11) is 0. The van der Waals surface area contributed by atoms with Crippen LogP contribution in [0.5, 0.6) is 0 Å². The fourth-order valence-electron chi connectivity index (χ4n) is 13.6. The number of allylic oxidation sites excluding steroid dienone is 4. The van der Waals surface area contributed by atoms with Crippen molar-refractivity contribution in [2.24, 2.45) is 0 Å². The average Bonchev–Trinajstić information content (AvgIpc) is 1.48. The summed E-state index contributed by atoms with van der Waals surface area (Å²) in [5.74, 6) is -1.98. The number of fused-ring (bicyclic) bond motifs is 3. The van der Waals surface area contributed by atoms with Crippen LogP contribution in [-0.2, 0) is 40.6 Å². The minimum absolute atomic E-state index is 0.0243. The van der Waals surface area contributed by atoms with Gasteiger partial charge in [0.2, 0.25) is 5.91 Å². The summed E-state index contributed by atoms with van der Waals surface area (Å²) in [6.07, 6.45) is 45.5. The number of imidazole rings is 1. The quantitative estimate of drug-likeness (QED) is 0.0127. The van der Waals surface area contributed by atoms with Gasteiger partial charge in [0, 0.05) is 25.0 Å². The Hall–Kier alpha value is -7.53. The summed E-state index contributed by atoms with van der Waals surface area (Å²) in [5.41, 5.74) is 6.11. The molecule has 0 fully saturated rings. The molecule has 96 heavy (non-hydrogen) atoms. The number of hydrogen-bond donors (Lipinski definition) is 2. The number of hydrogen-bond acceptors (Lipinski definition) is 8. The Morgan fingerprint density at radius 1 is 0.500 bits per heavy atom. The van der Waals surface area contributed by atoms with Crippen LogP contribution >= 0.6 is 0 Å². The van der Waals surface area contributed by atoms with Crippen LogP contribution in [0.2, 0.25) is 0 Å². The van der Waals surface area contributed by atoms with Gasteiger partial charge in [0.05, 0.1) is 12.0 Å². The van der Waals surface area contributed by atoms with Crippen molar-refractivity contribution in [3.05, 3.63) is 210 Å². The standard InChI is InChI=1S/C85H116N4O7/c1-6-8-10-12-14-16-18-20-22-24-26-28-30-32-34-45-57-72(56-44-33-31-29-27-25-23-21-19-17-15-13-11-9-7-2)95-82(92)78(62-63-80(90)96-84(3,4)5)87-81(91)79(88-83(93)94-66-77-75-60-48-46-58-73(75)74-59-47-49-61-76(74)77)64-71-65-89(67-86-71)85(68-50-38-35-39-51-68,69-52-40-36-41-53-69)70-54-42-37-43-55-70/h20-23,35-43,46-55,58-61,65,67,72,77-79H,6-19,24-34,44-45,56-57,62-64,66H2,1-5H3,(H,87,91)(H,88,93)/b22-20-,23-21-. The van der Waals surface area contributed by atoms with Gasteiger partial charge in [-0.05, 0) is 143 Å². The fraction of sp³-hybridized carbons (Fsp3) is 0.518.